The van der Waals surface area contributed by atoms with Gasteiger partial charge in [-0.05, 0) is 95.8 Å². The molecule has 0 aliphatic carbocycles. The second-order valence-electron chi connectivity index (χ2n) is 17.8. The van der Waals surface area contributed by atoms with E-state index in [1.807, 2.05) is 0 Å². The monoisotopic (exact) mass is 790 g/mol. The fourth-order valence-electron chi connectivity index (χ4n) is 12.3. The molecule has 6 heteroatoms. The molecule has 0 saturated heterocycles. The van der Waals surface area contributed by atoms with Crippen molar-refractivity contribution in [1.82, 2.24) is 0 Å². The fraction of sp³-hybridized carbons (Fsp3) is 0.0714. The van der Waals surface area contributed by atoms with Gasteiger partial charge in [-0.1, -0.05) is 140 Å². The van der Waals surface area contributed by atoms with Gasteiger partial charge in [-0.15, -0.1) is 0 Å². The summed E-state index contributed by atoms with van der Waals surface area (Å²) >= 11 is 0. The van der Waals surface area contributed by atoms with Crippen LogP contribution in [0.3, 0.4) is 0 Å². The van der Waals surface area contributed by atoms with E-state index in [0.717, 1.165) is 0 Å². The van der Waals surface area contributed by atoms with E-state index >= 15 is 0 Å². The van der Waals surface area contributed by atoms with Crippen molar-refractivity contribution in [2.45, 2.75) is 0 Å². The Labute approximate surface area is 362 Å². The van der Waals surface area contributed by atoms with E-state index in [4.69, 9.17) is 0 Å². The molecule has 0 spiro atoms. The molecule has 0 saturated carbocycles. The molecule has 0 atom stereocenters. The molecule has 4 heterocycles. The first-order chi connectivity index (χ1) is 30.5. The SMILES string of the molecule is CN1c2ccccc2B2c3cc(-c4ccc5c6c7c(cc5c4)N(C)c4c(ccc5ccccc45)B7c4ccccc4N6C)c4ccccc4c3N(C)c3c2c1cc1ccccc31. The maximum atomic E-state index is 2.54. The van der Waals surface area contributed by atoms with Crippen molar-refractivity contribution in [3.8, 4) is 11.1 Å². The predicted octanol–water partition coefficient (Wildman–Crippen LogP) is 9.32. The summed E-state index contributed by atoms with van der Waals surface area (Å²) < 4.78 is 0. The van der Waals surface area contributed by atoms with Crippen LogP contribution in [0.15, 0.2) is 170 Å². The Balaban J connectivity index is 1.03. The van der Waals surface area contributed by atoms with Crippen molar-refractivity contribution < 1.29 is 0 Å². The Morgan fingerprint density at radius 2 is 0.823 bits per heavy atom. The highest BCUT2D eigenvalue weighted by atomic mass is 15.2. The molecule has 290 valence electrons. The molecule has 0 amide bonds. The molecule has 0 fully saturated rings. The van der Waals surface area contributed by atoms with Crippen LogP contribution in [0.1, 0.15) is 0 Å². The minimum atomic E-state index is 0.0812. The van der Waals surface area contributed by atoms with Crippen LogP contribution in [-0.4, -0.2) is 41.6 Å². The van der Waals surface area contributed by atoms with Gasteiger partial charge in [-0.2, -0.15) is 0 Å². The molecular formula is C56H40B2N4. The van der Waals surface area contributed by atoms with E-state index in [1.54, 1.807) is 0 Å². The number of nitrogens with zero attached hydrogens (tertiary/aromatic N) is 4. The molecule has 14 rings (SSSR count). The molecule has 0 unspecified atom stereocenters. The van der Waals surface area contributed by atoms with Gasteiger partial charge in [0.1, 0.15) is 0 Å². The van der Waals surface area contributed by atoms with Crippen LogP contribution in [0, 0.1) is 0 Å². The van der Waals surface area contributed by atoms with E-state index in [-0.39, 0.29) is 13.4 Å². The number of fused-ring (bicyclic) bond motifs is 16. The van der Waals surface area contributed by atoms with Gasteiger partial charge in [-0.25, -0.2) is 0 Å². The molecule has 0 bridgehead atoms. The predicted molar refractivity (Wildman–Crippen MR) is 269 cm³/mol. The number of anilines is 8. The molecule has 0 aromatic heterocycles. The molecule has 10 aromatic carbocycles. The zero-order valence-electron chi connectivity index (χ0n) is 35.1. The van der Waals surface area contributed by atoms with Crippen LogP contribution >= 0.6 is 0 Å². The van der Waals surface area contributed by atoms with Gasteiger partial charge < -0.3 is 19.6 Å². The third kappa shape index (κ3) is 4.24. The first kappa shape index (κ1) is 34.3. The molecule has 4 aliphatic heterocycles. The molecule has 4 nitrogen and oxygen atoms in total. The lowest BCUT2D eigenvalue weighted by Gasteiger charge is -2.43. The average Bonchev–Trinajstić information content (AvgIpc) is 3.32. The van der Waals surface area contributed by atoms with E-state index in [1.165, 1.54) is 132 Å². The molecule has 4 aliphatic rings. The van der Waals surface area contributed by atoms with Crippen LogP contribution in [0.5, 0.6) is 0 Å². The van der Waals surface area contributed by atoms with Crippen molar-refractivity contribution >= 4 is 135 Å². The Morgan fingerprint density at radius 1 is 0.306 bits per heavy atom. The summed E-state index contributed by atoms with van der Waals surface area (Å²) in [5, 5.41) is 10.2. The smallest absolute Gasteiger partial charge is 0.252 e. The quantitative estimate of drug-likeness (QED) is 0.154. The highest BCUT2D eigenvalue weighted by Crippen LogP contribution is 2.47. The third-order valence-electron chi connectivity index (χ3n) is 14.9. The third-order valence-corrected chi connectivity index (χ3v) is 14.9. The Kier molecular flexibility index (Phi) is 6.70. The normalized spacial score (nSPS) is 14.3. The van der Waals surface area contributed by atoms with Crippen LogP contribution in [0.25, 0.3) is 54.2 Å². The summed E-state index contributed by atoms with van der Waals surface area (Å²) in [6.07, 6.45) is 0. The minimum absolute atomic E-state index is 0.0812. The van der Waals surface area contributed by atoms with Gasteiger partial charge in [0.05, 0.1) is 0 Å². The van der Waals surface area contributed by atoms with Gasteiger partial charge in [0.2, 0.25) is 0 Å². The van der Waals surface area contributed by atoms with Gasteiger partial charge in [-0.3, -0.25) is 0 Å². The van der Waals surface area contributed by atoms with Crippen molar-refractivity contribution in [1.29, 1.82) is 0 Å². The summed E-state index contributed by atoms with van der Waals surface area (Å²) in [5.74, 6) is 0. The van der Waals surface area contributed by atoms with Crippen LogP contribution < -0.4 is 52.4 Å². The zero-order chi connectivity index (χ0) is 41.1. The van der Waals surface area contributed by atoms with E-state index in [9.17, 15) is 0 Å². The zero-order valence-corrected chi connectivity index (χ0v) is 35.1. The maximum Gasteiger partial charge on any atom is 0.252 e. The summed E-state index contributed by atoms with van der Waals surface area (Å²) in [4.78, 5) is 9.83. The summed E-state index contributed by atoms with van der Waals surface area (Å²) in [5.41, 5.74) is 21.0. The lowest BCUT2D eigenvalue weighted by molar-refractivity contribution is 1.20. The summed E-state index contributed by atoms with van der Waals surface area (Å²) in [6.45, 7) is 0.217. The number of rotatable bonds is 1. The lowest BCUT2D eigenvalue weighted by Crippen LogP contribution is -2.61. The highest BCUT2D eigenvalue weighted by Gasteiger charge is 2.44. The van der Waals surface area contributed by atoms with Crippen molar-refractivity contribution in [3.05, 3.63) is 170 Å². The number of hydrogen-bond acceptors (Lipinski definition) is 4. The summed E-state index contributed by atoms with van der Waals surface area (Å²) in [6, 6.07) is 64.3. The largest absolute Gasteiger partial charge is 0.345 e. The molecule has 0 N–H and O–H groups in total. The molecular weight excluding hydrogens is 750 g/mol. The van der Waals surface area contributed by atoms with Crippen molar-refractivity contribution in [2.24, 2.45) is 0 Å². The van der Waals surface area contributed by atoms with Crippen molar-refractivity contribution in [2.75, 3.05) is 47.8 Å². The Bertz CT molecular complexity index is 3650. The second kappa shape index (κ2) is 12.1. The van der Waals surface area contributed by atoms with Gasteiger partial charge in [0, 0.05) is 95.2 Å². The van der Waals surface area contributed by atoms with E-state index in [2.05, 4.69) is 218 Å². The molecule has 10 aromatic rings. The second-order valence-corrected chi connectivity index (χ2v) is 17.8. The van der Waals surface area contributed by atoms with E-state index < -0.39 is 0 Å². The van der Waals surface area contributed by atoms with Crippen molar-refractivity contribution in [3.63, 3.8) is 0 Å². The van der Waals surface area contributed by atoms with Crippen LogP contribution in [0.2, 0.25) is 0 Å². The maximum absolute atomic E-state index is 2.54. The first-order valence-corrected chi connectivity index (χ1v) is 21.8. The van der Waals surface area contributed by atoms with Crippen LogP contribution in [-0.2, 0) is 0 Å². The molecule has 0 radical (unpaired) electrons. The first-order valence-electron chi connectivity index (χ1n) is 21.8. The van der Waals surface area contributed by atoms with Gasteiger partial charge in [0.25, 0.3) is 13.4 Å². The van der Waals surface area contributed by atoms with Gasteiger partial charge >= 0.3 is 0 Å². The number of hydrogen-bond donors (Lipinski definition) is 0. The van der Waals surface area contributed by atoms with Crippen LogP contribution in [0.4, 0.5) is 45.5 Å². The minimum Gasteiger partial charge on any atom is -0.345 e. The molecule has 62 heavy (non-hydrogen) atoms. The topological polar surface area (TPSA) is 13.0 Å². The summed E-state index contributed by atoms with van der Waals surface area (Å²) in [7, 11) is 9.05. The Hall–Kier alpha value is -7.43. The average molecular weight is 791 g/mol. The van der Waals surface area contributed by atoms with E-state index in [0.29, 0.717) is 0 Å². The fourth-order valence-corrected chi connectivity index (χ4v) is 12.3. The van der Waals surface area contributed by atoms with Gasteiger partial charge in [0.15, 0.2) is 0 Å². The number of benzene rings is 10. The lowest BCUT2D eigenvalue weighted by atomic mass is 9.33. The highest BCUT2D eigenvalue weighted by molar-refractivity contribution is 7.01. The Morgan fingerprint density at radius 3 is 1.58 bits per heavy atom. The number of para-hydroxylation sites is 2. The standard InChI is InChI=1S/C56H40B2N4/c1-59-47-23-13-11-21-43(47)58-46-32-42(40-19-9-10-20-41(40)54(46)62(4)56-38-18-8-6-16-34(38)30-49(59)51(56)58)35-25-27-39-36(29-35)31-50-52-55(39)60(2)48-24-14-12-22-44(48)57(52)45-28-26-33-15-5-7-17-37(33)53(45)61(50)3/h5-32H,1-4H3.